The van der Waals surface area contributed by atoms with Gasteiger partial charge in [-0.3, -0.25) is 4.90 Å². The molecule has 0 amide bonds. The highest BCUT2D eigenvalue weighted by Crippen LogP contribution is 2.45. The van der Waals surface area contributed by atoms with Crippen LogP contribution < -0.4 is 5.73 Å². The molecule has 1 aliphatic carbocycles. The molecular formula is C19H40N2. The quantitative estimate of drug-likeness (QED) is 0.705. The van der Waals surface area contributed by atoms with Crippen molar-refractivity contribution in [3.05, 3.63) is 0 Å². The van der Waals surface area contributed by atoms with Crippen molar-refractivity contribution in [2.75, 3.05) is 19.6 Å². The van der Waals surface area contributed by atoms with Gasteiger partial charge in [-0.25, -0.2) is 0 Å². The van der Waals surface area contributed by atoms with E-state index in [1.807, 2.05) is 0 Å². The summed E-state index contributed by atoms with van der Waals surface area (Å²) in [6.07, 6.45) is 7.86. The van der Waals surface area contributed by atoms with Crippen molar-refractivity contribution in [3.63, 3.8) is 0 Å². The fourth-order valence-electron chi connectivity index (χ4n) is 4.04. The van der Waals surface area contributed by atoms with Crippen LogP contribution in [0.2, 0.25) is 0 Å². The van der Waals surface area contributed by atoms with Crippen molar-refractivity contribution in [1.29, 1.82) is 0 Å². The van der Waals surface area contributed by atoms with Crippen molar-refractivity contribution in [1.82, 2.24) is 4.90 Å². The molecule has 1 unspecified atom stereocenters. The highest BCUT2D eigenvalue weighted by Gasteiger charge is 2.42. The topological polar surface area (TPSA) is 29.3 Å². The van der Waals surface area contributed by atoms with Crippen LogP contribution in [0, 0.1) is 17.3 Å². The molecule has 2 nitrogen and oxygen atoms in total. The van der Waals surface area contributed by atoms with E-state index in [0.29, 0.717) is 5.41 Å². The molecule has 0 aromatic carbocycles. The Morgan fingerprint density at radius 1 is 1.19 bits per heavy atom. The van der Waals surface area contributed by atoms with Crippen molar-refractivity contribution in [2.24, 2.45) is 23.0 Å². The predicted octanol–water partition coefficient (Wildman–Crippen LogP) is 4.68. The maximum atomic E-state index is 6.28. The molecule has 0 aromatic rings. The van der Waals surface area contributed by atoms with Gasteiger partial charge >= 0.3 is 0 Å². The summed E-state index contributed by atoms with van der Waals surface area (Å²) >= 11 is 0. The molecule has 0 spiro atoms. The van der Waals surface area contributed by atoms with Crippen molar-refractivity contribution < 1.29 is 0 Å². The van der Waals surface area contributed by atoms with Gasteiger partial charge in [0.25, 0.3) is 0 Å². The van der Waals surface area contributed by atoms with E-state index in [9.17, 15) is 0 Å². The number of rotatable bonds is 8. The minimum absolute atomic E-state index is 0.276. The lowest BCUT2D eigenvalue weighted by molar-refractivity contribution is 0.0115. The first-order valence-electron chi connectivity index (χ1n) is 9.30. The number of hydrogen-bond acceptors (Lipinski definition) is 2. The average molecular weight is 297 g/mol. The van der Waals surface area contributed by atoms with E-state index >= 15 is 0 Å². The summed E-state index contributed by atoms with van der Waals surface area (Å²) in [5.41, 5.74) is 7.05. The fraction of sp³-hybridized carbons (Fsp3) is 1.00. The van der Waals surface area contributed by atoms with Crippen LogP contribution >= 0.6 is 0 Å². The maximum Gasteiger partial charge on any atom is 0.0331 e. The Hall–Kier alpha value is -0.0800. The lowest BCUT2D eigenvalue weighted by Crippen LogP contribution is -2.57. The van der Waals surface area contributed by atoms with Gasteiger partial charge in [-0.2, -0.15) is 0 Å². The third-order valence-electron chi connectivity index (χ3n) is 6.59. The van der Waals surface area contributed by atoms with E-state index in [1.165, 1.54) is 45.1 Å². The summed E-state index contributed by atoms with van der Waals surface area (Å²) in [6, 6.07) is 0. The van der Waals surface area contributed by atoms with Crippen molar-refractivity contribution in [2.45, 2.75) is 85.6 Å². The zero-order valence-electron chi connectivity index (χ0n) is 15.5. The average Bonchev–Trinajstić information content (AvgIpc) is 2.52. The first-order valence-corrected chi connectivity index (χ1v) is 9.30. The SMILES string of the molecule is CCC(C)CN(CC)C1(CN)CCC(C(C)(C)CC)CC1. The Bertz CT molecular complexity index is 290. The molecule has 0 heterocycles. The zero-order valence-corrected chi connectivity index (χ0v) is 15.5. The molecule has 0 aromatic heterocycles. The lowest BCUT2D eigenvalue weighted by atomic mass is 9.65. The van der Waals surface area contributed by atoms with Gasteiger partial charge in [0.2, 0.25) is 0 Å². The van der Waals surface area contributed by atoms with Gasteiger partial charge in [-0.15, -0.1) is 0 Å². The second kappa shape index (κ2) is 7.97. The Kier molecular flexibility index (Phi) is 7.19. The Balaban J connectivity index is 2.75. The molecule has 1 rings (SSSR count). The van der Waals surface area contributed by atoms with Crippen molar-refractivity contribution >= 4 is 0 Å². The normalized spacial score (nSPS) is 28.9. The number of nitrogens with two attached hydrogens (primary N) is 1. The smallest absolute Gasteiger partial charge is 0.0331 e. The maximum absolute atomic E-state index is 6.28. The van der Waals surface area contributed by atoms with Gasteiger partial charge in [-0.1, -0.05) is 54.4 Å². The minimum atomic E-state index is 0.276. The Morgan fingerprint density at radius 2 is 1.76 bits per heavy atom. The molecule has 0 saturated heterocycles. The van der Waals surface area contributed by atoms with Gasteiger partial charge in [0.15, 0.2) is 0 Å². The summed E-state index contributed by atoms with van der Waals surface area (Å²) in [5, 5.41) is 0. The number of likely N-dealkylation sites (N-methyl/N-ethyl adjacent to an activating group) is 1. The van der Waals surface area contributed by atoms with E-state index in [1.54, 1.807) is 0 Å². The summed E-state index contributed by atoms with van der Waals surface area (Å²) in [6.45, 7) is 17.4. The largest absolute Gasteiger partial charge is 0.329 e. The third-order valence-corrected chi connectivity index (χ3v) is 6.59. The van der Waals surface area contributed by atoms with E-state index < -0.39 is 0 Å². The van der Waals surface area contributed by atoms with Gasteiger partial charge in [0, 0.05) is 18.6 Å². The van der Waals surface area contributed by atoms with Gasteiger partial charge in [0.1, 0.15) is 0 Å². The van der Waals surface area contributed by atoms with Gasteiger partial charge in [0.05, 0.1) is 0 Å². The molecule has 1 saturated carbocycles. The monoisotopic (exact) mass is 296 g/mol. The Morgan fingerprint density at radius 3 is 2.14 bits per heavy atom. The third kappa shape index (κ3) is 4.45. The summed E-state index contributed by atoms with van der Waals surface area (Å²) in [4.78, 5) is 2.70. The fourth-order valence-corrected chi connectivity index (χ4v) is 4.04. The molecule has 0 radical (unpaired) electrons. The number of nitrogens with zero attached hydrogens (tertiary/aromatic N) is 1. The van der Waals surface area contributed by atoms with Gasteiger partial charge < -0.3 is 5.73 Å². The summed E-state index contributed by atoms with van der Waals surface area (Å²) < 4.78 is 0. The Labute approximate surface area is 133 Å². The van der Waals surface area contributed by atoms with E-state index in [4.69, 9.17) is 5.73 Å². The van der Waals surface area contributed by atoms with Crippen LogP contribution in [0.5, 0.6) is 0 Å². The highest BCUT2D eigenvalue weighted by atomic mass is 15.2. The molecular weight excluding hydrogens is 256 g/mol. The van der Waals surface area contributed by atoms with Crippen LogP contribution in [-0.4, -0.2) is 30.1 Å². The van der Waals surface area contributed by atoms with Crippen LogP contribution in [0.4, 0.5) is 0 Å². The predicted molar refractivity (Wildman–Crippen MR) is 94.5 cm³/mol. The van der Waals surface area contributed by atoms with Crippen LogP contribution in [0.25, 0.3) is 0 Å². The molecule has 1 atom stereocenters. The standard InChI is InChI=1S/C19H40N2/c1-7-16(4)14-21(9-3)19(15-20)12-10-17(11-13-19)18(5,6)8-2/h16-17H,7-15,20H2,1-6H3. The van der Waals surface area contributed by atoms with Crippen LogP contribution in [0.15, 0.2) is 0 Å². The van der Waals surface area contributed by atoms with Crippen LogP contribution in [0.1, 0.15) is 80.1 Å². The van der Waals surface area contributed by atoms with Crippen molar-refractivity contribution in [3.8, 4) is 0 Å². The molecule has 21 heavy (non-hydrogen) atoms. The van der Waals surface area contributed by atoms with E-state index in [-0.39, 0.29) is 5.54 Å². The van der Waals surface area contributed by atoms with Gasteiger partial charge in [-0.05, 0) is 49.5 Å². The summed E-state index contributed by atoms with van der Waals surface area (Å²) in [5.74, 6) is 1.66. The lowest BCUT2D eigenvalue weighted by Gasteiger charge is -2.50. The zero-order chi connectivity index (χ0) is 16.1. The second-order valence-electron chi connectivity index (χ2n) is 8.10. The minimum Gasteiger partial charge on any atom is -0.329 e. The molecule has 0 bridgehead atoms. The first-order chi connectivity index (χ1) is 9.85. The van der Waals surface area contributed by atoms with E-state index in [2.05, 4.69) is 46.4 Å². The molecule has 2 N–H and O–H groups in total. The molecule has 126 valence electrons. The molecule has 2 heteroatoms. The highest BCUT2D eigenvalue weighted by molar-refractivity contribution is 4.98. The first kappa shape index (κ1) is 19.0. The molecule has 1 aliphatic rings. The van der Waals surface area contributed by atoms with E-state index in [0.717, 1.165) is 24.9 Å². The van der Waals surface area contributed by atoms with Crippen LogP contribution in [0.3, 0.4) is 0 Å². The molecule has 0 aliphatic heterocycles. The second-order valence-corrected chi connectivity index (χ2v) is 8.10. The number of hydrogen-bond donors (Lipinski definition) is 1. The molecule has 1 fully saturated rings. The van der Waals surface area contributed by atoms with Crippen LogP contribution in [-0.2, 0) is 0 Å². The summed E-state index contributed by atoms with van der Waals surface area (Å²) in [7, 11) is 0.